The maximum Gasteiger partial charge on any atom is 0.306 e. The summed E-state index contributed by atoms with van der Waals surface area (Å²) >= 11 is 0. The first-order valence-corrected chi connectivity index (χ1v) is 10.5. The molecule has 0 bridgehead atoms. The Labute approximate surface area is 163 Å². The van der Waals surface area contributed by atoms with E-state index in [1.54, 1.807) is 0 Å². The van der Waals surface area contributed by atoms with Crippen molar-refractivity contribution in [2.75, 3.05) is 0 Å². The zero-order valence-electron chi connectivity index (χ0n) is 17.0. The maximum absolute atomic E-state index is 11.6. The molecule has 3 unspecified atom stereocenters. The molecule has 0 aromatic carbocycles. The first-order chi connectivity index (χ1) is 12.8. The minimum absolute atomic E-state index is 0.00859. The highest BCUT2D eigenvalue weighted by molar-refractivity contribution is 5.75. The third-order valence-electron chi connectivity index (χ3n) is 5.25. The summed E-state index contributed by atoms with van der Waals surface area (Å²) in [7, 11) is 0. The standard InChI is InChI=1S/C21H38O6/c1-3-5-7-8-9-11-13-17(20(24)25)15-18(21(26)27)14-16(19(22)23)12-10-6-4-2/h16-18H,3-15H2,1-2H3,(H,22,23)(H,24,25)(H,26,27). The van der Waals surface area contributed by atoms with Gasteiger partial charge in [-0.25, -0.2) is 0 Å². The monoisotopic (exact) mass is 386 g/mol. The van der Waals surface area contributed by atoms with Crippen molar-refractivity contribution in [2.45, 2.75) is 97.3 Å². The van der Waals surface area contributed by atoms with Crippen LogP contribution in [0, 0.1) is 17.8 Å². The number of aliphatic carboxylic acids is 3. The van der Waals surface area contributed by atoms with Crippen molar-refractivity contribution in [3.05, 3.63) is 0 Å². The van der Waals surface area contributed by atoms with E-state index < -0.39 is 35.7 Å². The molecule has 6 heteroatoms. The molecule has 158 valence electrons. The second kappa shape index (κ2) is 15.5. The molecule has 0 aliphatic heterocycles. The molecule has 0 spiro atoms. The number of rotatable bonds is 18. The topological polar surface area (TPSA) is 112 Å². The molecule has 0 amide bonds. The molecule has 0 aliphatic carbocycles. The number of hydrogen-bond acceptors (Lipinski definition) is 3. The summed E-state index contributed by atoms with van der Waals surface area (Å²) in [5.41, 5.74) is 0. The molecule has 0 aliphatic rings. The van der Waals surface area contributed by atoms with Crippen LogP contribution < -0.4 is 0 Å². The fourth-order valence-corrected chi connectivity index (χ4v) is 3.48. The third kappa shape index (κ3) is 12.4. The summed E-state index contributed by atoms with van der Waals surface area (Å²) in [6.07, 6.45) is 9.82. The van der Waals surface area contributed by atoms with Gasteiger partial charge in [0.1, 0.15) is 0 Å². The van der Waals surface area contributed by atoms with Gasteiger partial charge in [-0.3, -0.25) is 14.4 Å². The molecule has 3 N–H and O–H groups in total. The first-order valence-electron chi connectivity index (χ1n) is 10.5. The van der Waals surface area contributed by atoms with Crippen molar-refractivity contribution in [2.24, 2.45) is 17.8 Å². The van der Waals surface area contributed by atoms with E-state index >= 15 is 0 Å². The van der Waals surface area contributed by atoms with Crippen molar-refractivity contribution < 1.29 is 29.7 Å². The number of hydrogen-bond donors (Lipinski definition) is 3. The van der Waals surface area contributed by atoms with Crippen LogP contribution in [0.2, 0.25) is 0 Å². The summed E-state index contributed by atoms with van der Waals surface area (Å²) in [6.45, 7) is 4.16. The SMILES string of the molecule is CCCCCCCCC(CC(CC(CCCCC)C(=O)O)C(=O)O)C(=O)O. The van der Waals surface area contributed by atoms with E-state index in [2.05, 4.69) is 6.92 Å². The average molecular weight is 387 g/mol. The molecule has 0 saturated carbocycles. The zero-order valence-corrected chi connectivity index (χ0v) is 17.0. The van der Waals surface area contributed by atoms with E-state index in [4.69, 9.17) is 0 Å². The molecular weight excluding hydrogens is 348 g/mol. The van der Waals surface area contributed by atoms with E-state index in [9.17, 15) is 29.7 Å². The van der Waals surface area contributed by atoms with E-state index in [0.29, 0.717) is 12.8 Å². The Hall–Kier alpha value is -1.59. The lowest BCUT2D eigenvalue weighted by Gasteiger charge is -2.21. The van der Waals surface area contributed by atoms with Crippen molar-refractivity contribution in [1.82, 2.24) is 0 Å². The summed E-state index contributed by atoms with van der Waals surface area (Å²) in [6, 6.07) is 0. The Kier molecular flexibility index (Phi) is 14.6. The molecule has 0 saturated heterocycles. The normalized spacial score (nSPS) is 14.4. The third-order valence-corrected chi connectivity index (χ3v) is 5.25. The number of unbranched alkanes of at least 4 members (excludes halogenated alkanes) is 7. The number of carbonyl (C=O) groups is 3. The molecular formula is C21H38O6. The lowest BCUT2D eigenvalue weighted by molar-refractivity contribution is -0.148. The van der Waals surface area contributed by atoms with Crippen LogP contribution in [0.25, 0.3) is 0 Å². The zero-order chi connectivity index (χ0) is 20.7. The second-order valence-electron chi connectivity index (χ2n) is 7.63. The summed E-state index contributed by atoms with van der Waals surface area (Å²) in [5.74, 6) is -5.42. The van der Waals surface area contributed by atoms with Gasteiger partial charge in [0.2, 0.25) is 0 Å². The van der Waals surface area contributed by atoms with Crippen LogP contribution in [0.15, 0.2) is 0 Å². The van der Waals surface area contributed by atoms with Gasteiger partial charge in [-0.2, -0.15) is 0 Å². The highest BCUT2D eigenvalue weighted by Gasteiger charge is 2.31. The predicted octanol–water partition coefficient (Wildman–Crippen LogP) is 5.20. The molecule has 0 aromatic heterocycles. The lowest BCUT2D eigenvalue weighted by atomic mass is 9.83. The molecule has 6 nitrogen and oxygen atoms in total. The number of carboxylic acid groups (broad SMARTS) is 3. The fraction of sp³-hybridized carbons (Fsp3) is 0.857. The predicted molar refractivity (Wildman–Crippen MR) is 105 cm³/mol. The van der Waals surface area contributed by atoms with E-state index in [0.717, 1.165) is 51.4 Å². The second-order valence-corrected chi connectivity index (χ2v) is 7.63. The minimum Gasteiger partial charge on any atom is -0.481 e. The highest BCUT2D eigenvalue weighted by Crippen LogP contribution is 2.27. The van der Waals surface area contributed by atoms with Gasteiger partial charge in [0.05, 0.1) is 17.8 Å². The summed E-state index contributed by atoms with van der Waals surface area (Å²) in [4.78, 5) is 34.6. The molecule has 0 aromatic rings. The molecule has 3 atom stereocenters. The van der Waals surface area contributed by atoms with Crippen LogP contribution in [-0.4, -0.2) is 33.2 Å². The largest absolute Gasteiger partial charge is 0.481 e. The fourth-order valence-electron chi connectivity index (χ4n) is 3.48. The Morgan fingerprint density at radius 3 is 1.30 bits per heavy atom. The quantitative estimate of drug-likeness (QED) is 0.279. The van der Waals surface area contributed by atoms with E-state index in [1.165, 1.54) is 6.42 Å². The number of carboxylic acids is 3. The van der Waals surface area contributed by atoms with Gasteiger partial charge < -0.3 is 15.3 Å². The molecule has 0 fully saturated rings. The van der Waals surface area contributed by atoms with Gasteiger partial charge in [0.15, 0.2) is 0 Å². The summed E-state index contributed by atoms with van der Waals surface area (Å²) in [5, 5.41) is 28.3. The lowest BCUT2D eigenvalue weighted by Crippen LogP contribution is -2.27. The molecule has 0 rings (SSSR count). The van der Waals surface area contributed by atoms with Gasteiger partial charge in [0, 0.05) is 0 Å². The Balaban J connectivity index is 4.67. The van der Waals surface area contributed by atoms with Crippen LogP contribution in [0.3, 0.4) is 0 Å². The van der Waals surface area contributed by atoms with Crippen LogP contribution in [0.5, 0.6) is 0 Å². The van der Waals surface area contributed by atoms with Crippen LogP contribution in [0.1, 0.15) is 97.3 Å². The van der Waals surface area contributed by atoms with Crippen molar-refractivity contribution in [3.63, 3.8) is 0 Å². The minimum atomic E-state index is -1.09. The van der Waals surface area contributed by atoms with E-state index in [-0.39, 0.29) is 12.8 Å². The van der Waals surface area contributed by atoms with E-state index in [1.807, 2.05) is 6.92 Å². The molecule has 0 heterocycles. The van der Waals surface area contributed by atoms with Crippen LogP contribution in [0.4, 0.5) is 0 Å². The van der Waals surface area contributed by atoms with Crippen molar-refractivity contribution in [3.8, 4) is 0 Å². The Morgan fingerprint density at radius 1 is 0.556 bits per heavy atom. The summed E-state index contributed by atoms with van der Waals surface area (Å²) < 4.78 is 0. The smallest absolute Gasteiger partial charge is 0.306 e. The van der Waals surface area contributed by atoms with Gasteiger partial charge in [-0.1, -0.05) is 71.6 Å². The molecule has 27 heavy (non-hydrogen) atoms. The first kappa shape index (κ1) is 25.4. The average Bonchev–Trinajstić information content (AvgIpc) is 2.60. The van der Waals surface area contributed by atoms with Crippen molar-refractivity contribution >= 4 is 17.9 Å². The van der Waals surface area contributed by atoms with Crippen LogP contribution in [-0.2, 0) is 14.4 Å². The van der Waals surface area contributed by atoms with Crippen molar-refractivity contribution in [1.29, 1.82) is 0 Å². The maximum atomic E-state index is 11.6. The van der Waals surface area contributed by atoms with Gasteiger partial charge in [-0.05, 0) is 25.7 Å². The highest BCUT2D eigenvalue weighted by atomic mass is 16.4. The van der Waals surface area contributed by atoms with Gasteiger partial charge >= 0.3 is 17.9 Å². The Bertz CT molecular complexity index is 434. The van der Waals surface area contributed by atoms with Crippen LogP contribution >= 0.6 is 0 Å². The van der Waals surface area contributed by atoms with Gasteiger partial charge in [-0.15, -0.1) is 0 Å². The Morgan fingerprint density at radius 2 is 0.889 bits per heavy atom. The van der Waals surface area contributed by atoms with Gasteiger partial charge in [0.25, 0.3) is 0 Å². The molecule has 0 radical (unpaired) electrons.